The first-order valence-electron chi connectivity index (χ1n) is 7.12. The van der Waals surface area contributed by atoms with Crippen molar-refractivity contribution in [1.29, 1.82) is 0 Å². The van der Waals surface area contributed by atoms with Crippen LogP contribution in [-0.4, -0.2) is 28.3 Å². The number of nitrogens with zero attached hydrogens (tertiary/aromatic N) is 1. The molecule has 0 spiro atoms. The topological polar surface area (TPSA) is 49.4 Å². The molecule has 0 aromatic carbocycles. The summed E-state index contributed by atoms with van der Waals surface area (Å²) < 4.78 is 1.01. The molecule has 2 rings (SSSR count). The second-order valence-corrected chi connectivity index (χ2v) is 7.96. The second kappa shape index (κ2) is 6.08. The molecule has 0 bridgehead atoms. The fraction of sp³-hybridized carbons (Fsp3) is 0.600. The van der Waals surface area contributed by atoms with Crippen LogP contribution < -0.4 is 5.32 Å². The Morgan fingerprint density at radius 3 is 2.67 bits per heavy atom. The molecule has 0 saturated carbocycles. The van der Waals surface area contributed by atoms with Crippen molar-refractivity contribution in [3.63, 3.8) is 0 Å². The molecule has 1 fully saturated rings. The van der Waals surface area contributed by atoms with Crippen LogP contribution in [0.3, 0.4) is 0 Å². The first-order valence-corrected chi connectivity index (χ1v) is 8.80. The molecule has 0 radical (unpaired) electrons. The molecule has 1 aromatic heterocycles. The Bertz CT molecular complexity index is 556. The van der Waals surface area contributed by atoms with E-state index in [4.69, 9.17) is 0 Å². The van der Waals surface area contributed by atoms with E-state index in [0.717, 1.165) is 15.8 Å². The molecule has 1 saturated heterocycles. The predicted molar refractivity (Wildman–Crippen MR) is 88.0 cm³/mol. The molecule has 2 heterocycles. The van der Waals surface area contributed by atoms with E-state index in [-0.39, 0.29) is 17.7 Å². The predicted octanol–water partition coefficient (Wildman–Crippen LogP) is 3.16. The van der Waals surface area contributed by atoms with Gasteiger partial charge in [0.1, 0.15) is 11.6 Å². The molecule has 1 aromatic rings. The van der Waals surface area contributed by atoms with Gasteiger partial charge in [-0.3, -0.25) is 9.59 Å². The minimum atomic E-state index is -0.822. The number of carbonyl (C=O) groups excluding carboxylic acids is 2. The minimum absolute atomic E-state index is 0.0125. The van der Waals surface area contributed by atoms with E-state index < -0.39 is 11.6 Å². The lowest BCUT2D eigenvalue weighted by Gasteiger charge is -2.45. The summed E-state index contributed by atoms with van der Waals surface area (Å²) in [5, 5.41) is 4.88. The molecule has 1 N–H and O–H groups in total. The van der Waals surface area contributed by atoms with Gasteiger partial charge in [-0.1, -0.05) is 20.3 Å². The van der Waals surface area contributed by atoms with E-state index in [2.05, 4.69) is 21.2 Å². The standard InChI is InChI=1S/C15H21BrN2O2S/c1-5-9(2)12-13(19)18(15(3,4)14(20)17-12)7-11-6-10(16)8-21-11/h6,8-9,12H,5,7H2,1-4H3,(H,17,20). The highest BCUT2D eigenvalue weighted by molar-refractivity contribution is 9.10. The van der Waals surface area contributed by atoms with Gasteiger partial charge in [-0.2, -0.15) is 0 Å². The third-order valence-corrected chi connectivity index (χ3v) is 5.88. The van der Waals surface area contributed by atoms with E-state index in [0.29, 0.717) is 6.54 Å². The summed E-state index contributed by atoms with van der Waals surface area (Å²) in [5.41, 5.74) is -0.822. The van der Waals surface area contributed by atoms with Crippen LogP contribution in [0.1, 0.15) is 39.0 Å². The molecule has 4 nitrogen and oxygen atoms in total. The van der Waals surface area contributed by atoms with Crippen molar-refractivity contribution in [2.45, 2.75) is 52.2 Å². The lowest BCUT2D eigenvalue weighted by Crippen LogP contribution is -2.69. The molecular formula is C15H21BrN2O2S. The number of piperazine rings is 1. The number of hydrogen-bond acceptors (Lipinski definition) is 3. The fourth-order valence-corrected chi connectivity index (χ4v) is 3.87. The average molecular weight is 373 g/mol. The van der Waals surface area contributed by atoms with E-state index in [9.17, 15) is 9.59 Å². The molecule has 116 valence electrons. The van der Waals surface area contributed by atoms with Crippen LogP contribution in [0.15, 0.2) is 15.9 Å². The Morgan fingerprint density at radius 1 is 1.48 bits per heavy atom. The summed E-state index contributed by atoms with van der Waals surface area (Å²) >= 11 is 5.02. The molecule has 6 heteroatoms. The normalized spacial score (nSPS) is 23.1. The van der Waals surface area contributed by atoms with E-state index in [1.807, 2.05) is 25.3 Å². The van der Waals surface area contributed by atoms with E-state index >= 15 is 0 Å². The van der Waals surface area contributed by atoms with Crippen molar-refractivity contribution in [3.8, 4) is 0 Å². The Kier molecular flexibility index (Phi) is 4.78. The quantitative estimate of drug-likeness (QED) is 0.882. The zero-order valence-corrected chi connectivity index (χ0v) is 15.2. The summed E-state index contributed by atoms with van der Waals surface area (Å²) in [5.74, 6) is 0.0663. The van der Waals surface area contributed by atoms with Gasteiger partial charge in [-0.25, -0.2) is 0 Å². The summed E-state index contributed by atoms with van der Waals surface area (Å²) in [4.78, 5) is 28.0. The zero-order valence-electron chi connectivity index (χ0n) is 12.8. The maximum absolute atomic E-state index is 12.8. The van der Waals surface area contributed by atoms with Gasteiger partial charge >= 0.3 is 0 Å². The van der Waals surface area contributed by atoms with Gasteiger partial charge in [-0.15, -0.1) is 11.3 Å². The third-order valence-electron chi connectivity index (χ3n) is 4.20. The van der Waals surface area contributed by atoms with Crippen molar-refractivity contribution in [2.75, 3.05) is 0 Å². The Labute approximate surface area is 138 Å². The maximum atomic E-state index is 12.8. The van der Waals surface area contributed by atoms with Gasteiger partial charge < -0.3 is 10.2 Å². The summed E-state index contributed by atoms with van der Waals surface area (Å²) in [6.07, 6.45) is 0.857. The van der Waals surface area contributed by atoms with Crippen LogP contribution >= 0.6 is 27.3 Å². The van der Waals surface area contributed by atoms with Crippen LogP contribution in [0.2, 0.25) is 0 Å². The average Bonchev–Trinajstić information content (AvgIpc) is 2.84. The summed E-state index contributed by atoms with van der Waals surface area (Å²) in [7, 11) is 0. The molecule has 0 aliphatic carbocycles. The molecule has 2 amide bonds. The molecule has 1 aliphatic rings. The van der Waals surface area contributed by atoms with Gasteiger partial charge in [0.05, 0.1) is 6.54 Å². The van der Waals surface area contributed by atoms with Crippen molar-refractivity contribution in [3.05, 3.63) is 20.8 Å². The highest BCUT2D eigenvalue weighted by atomic mass is 79.9. The summed E-state index contributed by atoms with van der Waals surface area (Å²) in [6.45, 7) is 8.11. The van der Waals surface area contributed by atoms with Gasteiger partial charge in [0.15, 0.2) is 0 Å². The minimum Gasteiger partial charge on any atom is -0.342 e. The third kappa shape index (κ3) is 3.16. The van der Waals surface area contributed by atoms with E-state index in [1.54, 1.807) is 30.1 Å². The number of halogens is 1. The monoisotopic (exact) mass is 372 g/mol. The number of nitrogens with one attached hydrogen (secondary N) is 1. The Morgan fingerprint density at radius 2 is 2.14 bits per heavy atom. The van der Waals surface area contributed by atoms with Crippen LogP contribution in [0.25, 0.3) is 0 Å². The molecular weight excluding hydrogens is 352 g/mol. The zero-order chi connectivity index (χ0) is 15.8. The highest BCUT2D eigenvalue weighted by Gasteiger charge is 2.47. The second-order valence-electron chi connectivity index (χ2n) is 6.05. The maximum Gasteiger partial charge on any atom is 0.246 e. The fourth-order valence-electron chi connectivity index (χ4n) is 2.44. The SMILES string of the molecule is CCC(C)C1NC(=O)C(C)(C)N(Cc2cc(Br)cs2)C1=O. The van der Waals surface area contributed by atoms with Crippen molar-refractivity contribution < 1.29 is 9.59 Å². The number of thiophene rings is 1. The Balaban J connectivity index is 2.29. The van der Waals surface area contributed by atoms with Gasteiger partial charge in [-0.05, 0) is 41.8 Å². The van der Waals surface area contributed by atoms with Crippen molar-refractivity contribution >= 4 is 39.1 Å². The van der Waals surface area contributed by atoms with Crippen molar-refractivity contribution in [1.82, 2.24) is 10.2 Å². The van der Waals surface area contributed by atoms with Crippen LogP contribution in [0, 0.1) is 5.92 Å². The van der Waals surface area contributed by atoms with Crippen LogP contribution in [0.5, 0.6) is 0 Å². The number of amides is 2. The largest absolute Gasteiger partial charge is 0.342 e. The lowest BCUT2D eigenvalue weighted by atomic mass is 9.89. The number of hydrogen-bond donors (Lipinski definition) is 1. The molecule has 1 aliphatic heterocycles. The summed E-state index contributed by atoms with van der Waals surface area (Å²) in [6, 6.07) is 1.58. The van der Waals surface area contributed by atoms with Gasteiger partial charge in [0.2, 0.25) is 11.8 Å². The van der Waals surface area contributed by atoms with Crippen LogP contribution in [-0.2, 0) is 16.1 Å². The lowest BCUT2D eigenvalue weighted by molar-refractivity contribution is -0.157. The van der Waals surface area contributed by atoms with Crippen molar-refractivity contribution in [2.24, 2.45) is 5.92 Å². The molecule has 2 atom stereocenters. The number of carbonyl (C=O) groups is 2. The van der Waals surface area contributed by atoms with Gasteiger partial charge in [0, 0.05) is 14.7 Å². The highest BCUT2D eigenvalue weighted by Crippen LogP contribution is 2.29. The first kappa shape index (κ1) is 16.5. The van der Waals surface area contributed by atoms with E-state index in [1.165, 1.54) is 0 Å². The van der Waals surface area contributed by atoms with Crippen LogP contribution in [0.4, 0.5) is 0 Å². The Hall–Kier alpha value is -0.880. The first-order chi connectivity index (χ1) is 9.77. The van der Waals surface area contributed by atoms with Gasteiger partial charge in [0.25, 0.3) is 0 Å². The molecule has 2 unspecified atom stereocenters. The smallest absolute Gasteiger partial charge is 0.246 e. The number of rotatable bonds is 4. The molecule has 21 heavy (non-hydrogen) atoms.